The van der Waals surface area contributed by atoms with Gasteiger partial charge in [0, 0.05) is 20.1 Å². The minimum Gasteiger partial charge on any atom is -0.493 e. The monoisotopic (exact) mass is 519 g/mol. The van der Waals surface area contributed by atoms with Crippen molar-refractivity contribution in [1.82, 2.24) is 5.32 Å². The zero-order valence-electron chi connectivity index (χ0n) is 24.4. The Balaban J connectivity index is 2.20. The first-order valence-electron chi connectivity index (χ1n) is 13.7. The predicted molar refractivity (Wildman–Crippen MR) is 146 cm³/mol. The minimum absolute atomic E-state index is 0.152. The van der Waals surface area contributed by atoms with Crippen LogP contribution in [0.3, 0.4) is 0 Å². The number of methoxy groups -OCH3 is 1. The maximum atomic E-state index is 12.8. The zero-order chi connectivity index (χ0) is 27.8. The van der Waals surface area contributed by atoms with Crippen molar-refractivity contribution in [3.8, 4) is 5.75 Å². The third-order valence-electron chi connectivity index (χ3n) is 7.01. The second kappa shape index (κ2) is 14.0. The van der Waals surface area contributed by atoms with Gasteiger partial charge in [0.2, 0.25) is 0 Å². The molecule has 0 radical (unpaired) electrons. The van der Waals surface area contributed by atoms with E-state index in [1.165, 1.54) is 5.56 Å². The predicted octanol–water partition coefficient (Wildman–Crippen LogP) is 6.10. The number of hydrogen-bond acceptors (Lipinski definition) is 6. The maximum Gasteiger partial charge on any atom is 0.408 e. The van der Waals surface area contributed by atoms with Gasteiger partial charge in [-0.05, 0) is 81.9 Å². The summed E-state index contributed by atoms with van der Waals surface area (Å²) in [6.45, 7) is 17.3. The van der Waals surface area contributed by atoms with Gasteiger partial charge in [-0.2, -0.15) is 0 Å². The largest absolute Gasteiger partial charge is 0.493 e. The molecule has 0 unspecified atom stereocenters. The van der Waals surface area contributed by atoms with E-state index >= 15 is 0 Å². The molecule has 1 aliphatic heterocycles. The van der Waals surface area contributed by atoms with E-state index < -0.39 is 11.7 Å². The highest BCUT2D eigenvalue weighted by Gasteiger charge is 2.42. The number of nitrogens with one attached hydrogen (secondary N) is 1. The molecule has 0 spiro atoms. The lowest BCUT2D eigenvalue weighted by atomic mass is 9.81. The fourth-order valence-electron chi connectivity index (χ4n) is 4.72. The summed E-state index contributed by atoms with van der Waals surface area (Å²) in [5.41, 5.74) is 1.68. The summed E-state index contributed by atoms with van der Waals surface area (Å²) in [6.07, 6.45) is 2.10. The Morgan fingerprint density at radius 3 is 2.43 bits per heavy atom. The highest BCUT2D eigenvalue weighted by Crippen LogP contribution is 2.33. The lowest BCUT2D eigenvalue weighted by Crippen LogP contribution is -2.47. The lowest BCUT2D eigenvalue weighted by molar-refractivity contribution is -0.146. The molecule has 1 fully saturated rings. The quantitative estimate of drug-likeness (QED) is 0.251. The number of amides is 1. The minimum atomic E-state index is -0.611. The van der Waals surface area contributed by atoms with Crippen LogP contribution in [0.1, 0.15) is 78.9 Å². The number of alkyl carbamates (subject to hydrolysis) is 1. The number of aryl methyl sites for hydroxylation is 1. The molecule has 7 heteroatoms. The van der Waals surface area contributed by atoms with Crippen molar-refractivity contribution in [2.24, 2.45) is 23.7 Å². The van der Waals surface area contributed by atoms with E-state index in [9.17, 15) is 9.59 Å². The SMILES string of the molecule is COCCCOc1cc(C[C@H](C[C@H](NC(=O)OC(C)(C)C)[C@@H]2C[C@@H](C(C)C)C(=O)O2)C(C)C)ccc1C. The van der Waals surface area contributed by atoms with Gasteiger partial charge in [0.15, 0.2) is 0 Å². The third-order valence-corrected chi connectivity index (χ3v) is 7.01. The van der Waals surface area contributed by atoms with Crippen LogP contribution in [-0.2, 0) is 25.4 Å². The van der Waals surface area contributed by atoms with E-state index in [0.29, 0.717) is 32.0 Å². The van der Waals surface area contributed by atoms with Crippen LogP contribution in [-0.4, -0.2) is 50.1 Å². The molecular formula is C30H49NO6. The van der Waals surface area contributed by atoms with Crippen molar-refractivity contribution in [1.29, 1.82) is 0 Å². The average Bonchev–Trinajstić information content (AvgIpc) is 3.18. The van der Waals surface area contributed by atoms with Gasteiger partial charge in [-0.3, -0.25) is 4.79 Å². The summed E-state index contributed by atoms with van der Waals surface area (Å²) >= 11 is 0. The van der Waals surface area contributed by atoms with E-state index in [0.717, 1.165) is 24.2 Å². The fraction of sp³-hybridized carbons (Fsp3) is 0.733. The van der Waals surface area contributed by atoms with Crippen LogP contribution in [0.15, 0.2) is 18.2 Å². The number of carbonyl (C=O) groups excluding carboxylic acids is 2. The molecule has 1 saturated heterocycles. The van der Waals surface area contributed by atoms with Crippen LogP contribution in [0.5, 0.6) is 5.75 Å². The summed E-state index contributed by atoms with van der Waals surface area (Å²) in [4.78, 5) is 25.3. The molecule has 1 heterocycles. The standard InChI is InChI=1S/C30H49NO6/c1-19(2)23(15-22-12-11-21(5)26(16-22)35-14-10-13-34-9)17-25(31-29(33)37-30(6,7)8)27-18-24(20(3)4)28(32)36-27/h11-12,16,19-20,23-25,27H,10,13-15,17-18H2,1-9H3,(H,31,33)/t23-,24+,25+,27+/m1/s1. The van der Waals surface area contributed by atoms with Gasteiger partial charge in [-0.25, -0.2) is 4.79 Å². The van der Waals surface area contributed by atoms with Gasteiger partial charge in [0.1, 0.15) is 17.5 Å². The normalized spacial score (nSPS) is 19.6. The Hall–Kier alpha value is -2.28. The summed E-state index contributed by atoms with van der Waals surface area (Å²) in [5, 5.41) is 3.05. The summed E-state index contributed by atoms with van der Waals surface area (Å²) in [7, 11) is 1.69. The second-order valence-corrected chi connectivity index (χ2v) is 12.1. The first kappa shape index (κ1) is 30.9. The highest BCUT2D eigenvalue weighted by molar-refractivity contribution is 5.75. The molecule has 0 aliphatic carbocycles. The Morgan fingerprint density at radius 2 is 1.86 bits per heavy atom. The van der Waals surface area contributed by atoms with Crippen molar-refractivity contribution in [2.75, 3.05) is 20.3 Å². The van der Waals surface area contributed by atoms with E-state index in [4.69, 9.17) is 18.9 Å². The van der Waals surface area contributed by atoms with Gasteiger partial charge in [-0.1, -0.05) is 39.8 Å². The van der Waals surface area contributed by atoms with Gasteiger partial charge < -0.3 is 24.3 Å². The van der Waals surface area contributed by atoms with Gasteiger partial charge >= 0.3 is 12.1 Å². The number of esters is 1. The molecule has 210 valence electrons. The molecule has 1 aromatic rings. The fourth-order valence-corrected chi connectivity index (χ4v) is 4.72. The van der Waals surface area contributed by atoms with Crippen molar-refractivity contribution in [3.63, 3.8) is 0 Å². The van der Waals surface area contributed by atoms with E-state index in [-0.39, 0.29) is 35.9 Å². The first-order chi connectivity index (χ1) is 17.3. The lowest BCUT2D eigenvalue weighted by Gasteiger charge is -2.31. The second-order valence-electron chi connectivity index (χ2n) is 12.1. The van der Waals surface area contributed by atoms with E-state index in [1.54, 1.807) is 7.11 Å². The van der Waals surface area contributed by atoms with Crippen molar-refractivity contribution >= 4 is 12.1 Å². The van der Waals surface area contributed by atoms with Crippen LogP contribution >= 0.6 is 0 Å². The Morgan fingerprint density at radius 1 is 1.16 bits per heavy atom. The van der Waals surface area contributed by atoms with Crippen molar-refractivity contribution in [2.45, 2.75) is 98.8 Å². The van der Waals surface area contributed by atoms with Gasteiger partial charge in [0.25, 0.3) is 0 Å². The Bertz CT molecular complexity index is 875. The first-order valence-corrected chi connectivity index (χ1v) is 13.7. The topological polar surface area (TPSA) is 83.1 Å². The molecule has 2 rings (SSSR count). The molecule has 1 amide bonds. The van der Waals surface area contributed by atoms with Crippen LogP contribution in [0, 0.1) is 30.6 Å². The molecular weight excluding hydrogens is 470 g/mol. The Labute approximate surface area is 224 Å². The summed E-state index contributed by atoms with van der Waals surface area (Å²) in [6, 6.07) is 6.04. The number of ether oxygens (including phenoxy) is 4. The molecule has 1 aliphatic rings. The average molecular weight is 520 g/mol. The molecule has 37 heavy (non-hydrogen) atoms. The van der Waals surface area contributed by atoms with Crippen LogP contribution < -0.4 is 10.1 Å². The van der Waals surface area contributed by atoms with Gasteiger partial charge in [-0.15, -0.1) is 0 Å². The maximum absolute atomic E-state index is 12.8. The third kappa shape index (κ3) is 10.2. The molecule has 1 aromatic carbocycles. The van der Waals surface area contributed by atoms with Crippen molar-refractivity contribution in [3.05, 3.63) is 29.3 Å². The molecule has 1 N–H and O–H groups in total. The molecule has 0 bridgehead atoms. The highest BCUT2D eigenvalue weighted by atomic mass is 16.6. The number of hydrogen-bond donors (Lipinski definition) is 1. The van der Waals surface area contributed by atoms with E-state index in [2.05, 4.69) is 44.3 Å². The number of rotatable bonds is 13. The zero-order valence-corrected chi connectivity index (χ0v) is 24.4. The number of cyclic esters (lactones) is 1. The molecule has 0 saturated carbocycles. The van der Waals surface area contributed by atoms with Crippen LogP contribution in [0.4, 0.5) is 4.79 Å². The smallest absolute Gasteiger partial charge is 0.408 e. The number of carbonyl (C=O) groups is 2. The van der Waals surface area contributed by atoms with E-state index in [1.807, 2.05) is 34.6 Å². The summed E-state index contributed by atoms with van der Waals surface area (Å²) in [5.74, 6) is 1.36. The Kier molecular flexibility index (Phi) is 11.7. The van der Waals surface area contributed by atoms with Crippen molar-refractivity contribution < 1.29 is 28.5 Å². The molecule has 7 nitrogen and oxygen atoms in total. The van der Waals surface area contributed by atoms with Crippen LogP contribution in [0.25, 0.3) is 0 Å². The molecule has 0 aromatic heterocycles. The van der Waals surface area contributed by atoms with Gasteiger partial charge in [0.05, 0.1) is 18.6 Å². The summed E-state index contributed by atoms with van der Waals surface area (Å²) < 4.78 is 22.5. The van der Waals surface area contributed by atoms with Crippen LogP contribution in [0.2, 0.25) is 0 Å². The molecule has 4 atom stereocenters. The number of benzene rings is 1.